The third-order valence-electron chi connectivity index (χ3n) is 4.51. The predicted molar refractivity (Wildman–Crippen MR) is 59.3 cm³/mol. The van der Waals surface area contributed by atoms with Gasteiger partial charge in [-0.3, -0.25) is 0 Å². The van der Waals surface area contributed by atoms with Gasteiger partial charge in [0, 0.05) is 0 Å². The second-order valence-corrected chi connectivity index (χ2v) is 6.21. The monoisotopic (exact) mass is 196 g/mol. The van der Waals surface area contributed by atoms with Crippen molar-refractivity contribution >= 4 is 0 Å². The lowest BCUT2D eigenvalue weighted by molar-refractivity contribution is -0.193. The van der Waals surface area contributed by atoms with Gasteiger partial charge < -0.3 is 4.74 Å². The summed E-state index contributed by atoms with van der Waals surface area (Å²) >= 11 is 0. The molecule has 1 heterocycles. The van der Waals surface area contributed by atoms with Gasteiger partial charge in [0.2, 0.25) is 0 Å². The van der Waals surface area contributed by atoms with Crippen molar-refractivity contribution in [1.82, 2.24) is 0 Å². The van der Waals surface area contributed by atoms with E-state index in [1.165, 1.54) is 32.1 Å². The maximum atomic E-state index is 6.21. The highest BCUT2D eigenvalue weighted by atomic mass is 16.5. The van der Waals surface area contributed by atoms with E-state index in [0.29, 0.717) is 11.5 Å². The Labute approximate surface area is 88.2 Å². The standard InChI is InChI=1S/C13H24O/c1-10-6-7-11-12(2,3)8-5-9-13(11,4)14-10/h10-11H,5-9H2,1-4H3/t10-,11-,13-/m1/s1. The van der Waals surface area contributed by atoms with Crippen LogP contribution in [0.15, 0.2) is 0 Å². The Bertz CT molecular complexity index is 221. The average molecular weight is 196 g/mol. The molecule has 0 radical (unpaired) electrons. The van der Waals surface area contributed by atoms with Crippen LogP contribution in [0.25, 0.3) is 0 Å². The highest BCUT2D eigenvalue weighted by Gasteiger charge is 2.49. The molecule has 1 nitrogen and oxygen atoms in total. The van der Waals surface area contributed by atoms with E-state index in [9.17, 15) is 0 Å². The zero-order valence-corrected chi connectivity index (χ0v) is 10.1. The van der Waals surface area contributed by atoms with Gasteiger partial charge in [-0.25, -0.2) is 0 Å². The van der Waals surface area contributed by atoms with Crippen molar-refractivity contribution < 1.29 is 4.74 Å². The van der Waals surface area contributed by atoms with E-state index in [1.807, 2.05) is 0 Å². The molecule has 0 amide bonds. The highest BCUT2D eigenvalue weighted by Crippen LogP contribution is 2.52. The molecule has 0 bridgehead atoms. The fourth-order valence-electron chi connectivity index (χ4n) is 3.83. The molecule has 1 aliphatic carbocycles. The third kappa shape index (κ3) is 1.60. The SMILES string of the molecule is C[C@@H]1CC[C@@H]2C(C)(C)CCC[C@@]2(C)O1. The van der Waals surface area contributed by atoms with Crippen LogP contribution < -0.4 is 0 Å². The van der Waals surface area contributed by atoms with Gasteiger partial charge in [0.05, 0.1) is 11.7 Å². The first-order valence-corrected chi connectivity index (χ1v) is 6.12. The Kier molecular flexibility index (Phi) is 2.42. The number of fused-ring (bicyclic) bond motifs is 1. The van der Waals surface area contributed by atoms with Crippen LogP contribution in [-0.4, -0.2) is 11.7 Å². The van der Waals surface area contributed by atoms with Crippen molar-refractivity contribution in [3.8, 4) is 0 Å². The Morgan fingerprint density at radius 1 is 1.07 bits per heavy atom. The Balaban J connectivity index is 2.21. The summed E-state index contributed by atoms with van der Waals surface area (Å²) in [6, 6.07) is 0. The molecular weight excluding hydrogens is 172 g/mol. The smallest absolute Gasteiger partial charge is 0.0691 e. The van der Waals surface area contributed by atoms with Gasteiger partial charge in [-0.15, -0.1) is 0 Å². The average Bonchev–Trinajstić information content (AvgIpc) is 2.00. The van der Waals surface area contributed by atoms with E-state index in [4.69, 9.17) is 4.74 Å². The molecule has 0 N–H and O–H groups in total. The Morgan fingerprint density at radius 3 is 2.50 bits per heavy atom. The van der Waals surface area contributed by atoms with Crippen LogP contribution in [0.5, 0.6) is 0 Å². The number of rotatable bonds is 0. The van der Waals surface area contributed by atoms with E-state index in [1.54, 1.807) is 0 Å². The van der Waals surface area contributed by atoms with Gasteiger partial charge in [0.25, 0.3) is 0 Å². The predicted octanol–water partition coefficient (Wildman–Crippen LogP) is 3.77. The van der Waals surface area contributed by atoms with Crippen LogP contribution in [0.2, 0.25) is 0 Å². The molecule has 2 fully saturated rings. The maximum Gasteiger partial charge on any atom is 0.0691 e. The van der Waals surface area contributed by atoms with Crippen molar-refractivity contribution in [2.45, 2.75) is 71.5 Å². The molecule has 0 spiro atoms. The third-order valence-corrected chi connectivity index (χ3v) is 4.51. The van der Waals surface area contributed by atoms with Crippen LogP contribution >= 0.6 is 0 Å². The van der Waals surface area contributed by atoms with Crippen LogP contribution in [0.3, 0.4) is 0 Å². The summed E-state index contributed by atoms with van der Waals surface area (Å²) in [7, 11) is 0. The van der Waals surface area contributed by atoms with Crippen molar-refractivity contribution in [3.63, 3.8) is 0 Å². The number of hydrogen-bond donors (Lipinski definition) is 0. The summed E-state index contributed by atoms with van der Waals surface area (Å²) in [5.74, 6) is 0.778. The van der Waals surface area contributed by atoms with Crippen LogP contribution in [0.4, 0.5) is 0 Å². The second kappa shape index (κ2) is 3.23. The van der Waals surface area contributed by atoms with Gasteiger partial charge in [-0.1, -0.05) is 20.3 Å². The van der Waals surface area contributed by atoms with Crippen LogP contribution in [-0.2, 0) is 4.74 Å². The van der Waals surface area contributed by atoms with Crippen LogP contribution in [0, 0.1) is 11.3 Å². The first kappa shape index (κ1) is 10.5. The van der Waals surface area contributed by atoms with E-state index < -0.39 is 0 Å². The first-order valence-electron chi connectivity index (χ1n) is 6.12. The molecule has 0 aromatic carbocycles. The van der Waals surface area contributed by atoms with Gasteiger partial charge in [0.15, 0.2) is 0 Å². The molecule has 1 heteroatoms. The van der Waals surface area contributed by atoms with E-state index in [0.717, 1.165) is 5.92 Å². The van der Waals surface area contributed by atoms with E-state index in [2.05, 4.69) is 27.7 Å². The number of ether oxygens (including phenoxy) is 1. The molecule has 2 rings (SSSR count). The Hall–Kier alpha value is -0.0400. The molecule has 0 aromatic heterocycles. The molecule has 0 unspecified atom stereocenters. The minimum absolute atomic E-state index is 0.180. The molecule has 3 atom stereocenters. The summed E-state index contributed by atoms with van der Waals surface area (Å²) in [6.45, 7) is 9.42. The quantitative estimate of drug-likeness (QED) is 0.573. The lowest BCUT2D eigenvalue weighted by Gasteiger charge is -2.54. The summed E-state index contributed by atoms with van der Waals surface area (Å²) in [5.41, 5.74) is 0.673. The molecule has 1 saturated heterocycles. The largest absolute Gasteiger partial charge is 0.372 e. The van der Waals surface area contributed by atoms with Gasteiger partial charge >= 0.3 is 0 Å². The molecule has 2 aliphatic rings. The van der Waals surface area contributed by atoms with E-state index in [-0.39, 0.29) is 5.60 Å². The lowest BCUT2D eigenvalue weighted by Crippen LogP contribution is -2.53. The Morgan fingerprint density at radius 2 is 1.79 bits per heavy atom. The molecule has 82 valence electrons. The highest BCUT2D eigenvalue weighted by molar-refractivity contribution is 4.99. The zero-order valence-electron chi connectivity index (χ0n) is 10.1. The zero-order chi connectivity index (χ0) is 10.4. The minimum atomic E-state index is 0.180. The van der Waals surface area contributed by atoms with Crippen molar-refractivity contribution in [2.75, 3.05) is 0 Å². The fourth-order valence-corrected chi connectivity index (χ4v) is 3.83. The fraction of sp³-hybridized carbons (Fsp3) is 1.00. The summed E-state index contributed by atoms with van der Waals surface area (Å²) < 4.78 is 6.21. The van der Waals surface area contributed by atoms with Crippen molar-refractivity contribution in [2.24, 2.45) is 11.3 Å². The molecule has 1 aliphatic heterocycles. The molecule has 1 saturated carbocycles. The number of hydrogen-bond acceptors (Lipinski definition) is 1. The lowest BCUT2D eigenvalue weighted by atomic mass is 9.59. The minimum Gasteiger partial charge on any atom is -0.372 e. The normalized spacial score (nSPS) is 47.1. The summed E-state index contributed by atoms with van der Waals surface area (Å²) in [5, 5.41) is 0. The van der Waals surface area contributed by atoms with Crippen LogP contribution in [0.1, 0.15) is 59.8 Å². The molecular formula is C13H24O. The summed E-state index contributed by atoms with van der Waals surface area (Å²) in [6.07, 6.45) is 7.09. The first-order chi connectivity index (χ1) is 6.44. The van der Waals surface area contributed by atoms with Crippen molar-refractivity contribution in [3.05, 3.63) is 0 Å². The topological polar surface area (TPSA) is 9.23 Å². The van der Waals surface area contributed by atoms with E-state index >= 15 is 0 Å². The molecule has 14 heavy (non-hydrogen) atoms. The second-order valence-electron chi connectivity index (χ2n) is 6.21. The summed E-state index contributed by atoms with van der Waals surface area (Å²) in [4.78, 5) is 0. The molecule has 0 aromatic rings. The van der Waals surface area contributed by atoms with Gasteiger partial charge in [0.1, 0.15) is 0 Å². The van der Waals surface area contributed by atoms with Gasteiger partial charge in [-0.05, 0) is 50.9 Å². The van der Waals surface area contributed by atoms with Gasteiger partial charge in [-0.2, -0.15) is 0 Å². The van der Waals surface area contributed by atoms with Crippen molar-refractivity contribution in [1.29, 1.82) is 0 Å². The maximum absolute atomic E-state index is 6.21.